The molecule has 2 aromatic carbocycles. The molecule has 0 bridgehead atoms. The smallest absolute Gasteiger partial charge is 0.255 e. The Morgan fingerprint density at radius 2 is 1.75 bits per heavy atom. The number of fused-ring (bicyclic) bond motifs is 1. The standard InChI is InChI=1S/C17H19NO2/c1-17(8-4-5-9-17)18-16(20)14-10-12-6-2-3-7-13(12)11-15(14)19/h2-3,6-7,10-11,19H,4-5,8-9H2,1H3,(H,18,20). The fourth-order valence-corrected chi connectivity index (χ4v) is 3.03. The summed E-state index contributed by atoms with van der Waals surface area (Å²) < 4.78 is 0. The number of amides is 1. The Labute approximate surface area is 118 Å². The van der Waals surface area contributed by atoms with Crippen molar-refractivity contribution in [1.82, 2.24) is 5.32 Å². The molecule has 3 nitrogen and oxygen atoms in total. The average molecular weight is 269 g/mol. The van der Waals surface area contributed by atoms with Crippen molar-refractivity contribution in [3.8, 4) is 5.75 Å². The molecule has 1 saturated carbocycles. The molecular weight excluding hydrogens is 250 g/mol. The Bertz CT molecular complexity index is 657. The molecule has 104 valence electrons. The molecule has 0 aliphatic heterocycles. The minimum Gasteiger partial charge on any atom is -0.507 e. The molecule has 0 spiro atoms. The lowest BCUT2D eigenvalue weighted by Gasteiger charge is -2.25. The summed E-state index contributed by atoms with van der Waals surface area (Å²) in [6.45, 7) is 2.08. The number of rotatable bonds is 2. The molecule has 1 fully saturated rings. The summed E-state index contributed by atoms with van der Waals surface area (Å²) in [7, 11) is 0. The maximum absolute atomic E-state index is 12.4. The Kier molecular flexibility index (Phi) is 3.13. The van der Waals surface area contributed by atoms with Gasteiger partial charge in [-0.15, -0.1) is 0 Å². The Morgan fingerprint density at radius 3 is 2.40 bits per heavy atom. The van der Waals surface area contributed by atoms with E-state index in [4.69, 9.17) is 0 Å². The molecule has 1 aliphatic rings. The van der Waals surface area contributed by atoms with Gasteiger partial charge in [0.1, 0.15) is 5.75 Å². The molecule has 1 amide bonds. The summed E-state index contributed by atoms with van der Waals surface area (Å²) in [6.07, 6.45) is 4.32. The number of nitrogens with one attached hydrogen (secondary N) is 1. The van der Waals surface area contributed by atoms with Crippen molar-refractivity contribution in [1.29, 1.82) is 0 Å². The number of aromatic hydroxyl groups is 1. The minimum atomic E-state index is -0.183. The molecule has 0 atom stereocenters. The zero-order valence-electron chi connectivity index (χ0n) is 11.6. The second kappa shape index (κ2) is 4.82. The minimum absolute atomic E-state index is 0.0443. The largest absolute Gasteiger partial charge is 0.507 e. The van der Waals surface area contributed by atoms with Crippen LogP contribution in [0.3, 0.4) is 0 Å². The lowest BCUT2D eigenvalue weighted by molar-refractivity contribution is 0.0905. The van der Waals surface area contributed by atoms with Gasteiger partial charge < -0.3 is 10.4 Å². The number of carbonyl (C=O) groups is 1. The molecule has 2 N–H and O–H groups in total. The van der Waals surface area contributed by atoms with E-state index in [1.165, 1.54) is 0 Å². The van der Waals surface area contributed by atoms with Crippen molar-refractivity contribution >= 4 is 16.7 Å². The lowest BCUT2D eigenvalue weighted by atomic mass is 9.99. The summed E-state index contributed by atoms with van der Waals surface area (Å²) in [5, 5.41) is 15.1. The van der Waals surface area contributed by atoms with E-state index in [9.17, 15) is 9.90 Å². The Morgan fingerprint density at radius 1 is 1.15 bits per heavy atom. The molecule has 0 heterocycles. The van der Waals surface area contributed by atoms with Crippen molar-refractivity contribution in [2.75, 3.05) is 0 Å². The molecule has 2 aromatic rings. The SMILES string of the molecule is CC1(NC(=O)c2cc3ccccc3cc2O)CCCC1. The quantitative estimate of drug-likeness (QED) is 0.875. The number of carbonyl (C=O) groups excluding carboxylic acids is 1. The highest BCUT2D eigenvalue weighted by atomic mass is 16.3. The van der Waals surface area contributed by atoms with Crippen LogP contribution in [-0.4, -0.2) is 16.6 Å². The van der Waals surface area contributed by atoms with Crippen molar-refractivity contribution in [2.24, 2.45) is 0 Å². The average Bonchev–Trinajstić information content (AvgIpc) is 2.84. The van der Waals surface area contributed by atoms with Gasteiger partial charge in [0.25, 0.3) is 5.91 Å². The Balaban J connectivity index is 1.92. The number of benzene rings is 2. The van der Waals surface area contributed by atoms with E-state index in [1.807, 2.05) is 24.3 Å². The number of phenols is 1. The van der Waals surface area contributed by atoms with Crippen molar-refractivity contribution in [2.45, 2.75) is 38.1 Å². The predicted molar refractivity (Wildman–Crippen MR) is 80.0 cm³/mol. The van der Waals surface area contributed by atoms with E-state index in [2.05, 4.69) is 12.2 Å². The molecule has 3 rings (SSSR count). The first-order valence-electron chi connectivity index (χ1n) is 7.12. The maximum atomic E-state index is 12.4. The van der Waals surface area contributed by atoms with Gasteiger partial charge in [0.15, 0.2) is 0 Å². The van der Waals surface area contributed by atoms with Gasteiger partial charge in [0, 0.05) is 5.54 Å². The van der Waals surface area contributed by atoms with Crippen LogP contribution in [0.15, 0.2) is 36.4 Å². The van der Waals surface area contributed by atoms with Crippen LogP contribution in [-0.2, 0) is 0 Å². The van der Waals surface area contributed by atoms with Crippen LogP contribution >= 0.6 is 0 Å². The van der Waals surface area contributed by atoms with E-state index in [0.29, 0.717) is 5.56 Å². The lowest BCUT2D eigenvalue weighted by Crippen LogP contribution is -2.43. The topological polar surface area (TPSA) is 49.3 Å². The van der Waals surface area contributed by atoms with Crippen molar-refractivity contribution in [3.63, 3.8) is 0 Å². The fourth-order valence-electron chi connectivity index (χ4n) is 3.03. The Hall–Kier alpha value is -2.03. The first kappa shape index (κ1) is 13.0. The van der Waals surface area contributed by atoms with E-state index >= 15 is 0 Å². The van der Waals surface area contributed by atoms with Crippen LogP contribution in [0.2, 0.25) is 0 Å². The third-order valence-electron chi connectivity index (χ3n) is 4.23. The van der Waals surface area contributed by atoms with Gasteiger partial charge in [-0.3, -0.25) is 4.79 Å². The van der Waals surface area contributed by atoms with Crippen LogP contribution < -0.4 is 5.32 Å². The highest BCUT2D eigenvalue weighted by Gasteiger charge is 2.31. The molecular formula is C17H19NO2. The van der Waals surface area contributed by atoms with E-state index in [0.717, 1.165) is 36.5 Å². The summed E-state index contributed by atoms with van der Waals surface area (Å²) in [5.74, 6) is -0.138. The van der Waals surface area contributed by atoms with Gasteiger partial charge in [-0.25, -0.2) is 0 Å². The normalized spacial score (nSPS) is 17.2. The molecule has 1 aliphatic carbocycles. The van der Waals surface area contributed by atoms with Crippen LogP contribution in [0.1, 0.15) is 43.0 Å². The van der Waals surface area contributed by atoms with Gasteiger partial charge in [0.2, 0.25) is 0 Å². The molecule has 0 radical (unpaired) electrons. The van der Waals surface area contributed by atoms with Gasteiger partial charge >= 0.3 is 0 Å². The molecule has 0 unspecified atom stereocenters. The van der Waals surface area contributed by atoms with E-state index < -0.39 is 0 Å². The third kappa shape index (κ3) is 2.36. The number of phenolic OH excluding ortho intramolecular Hbond substituents is 1. The molecule has 20 heavy (non-hydrogen) atoms. The fraction of sp³-hybridized carbons (Fsp3) is 0.353. The monoisotopic (exact) mass is 269 g/mol. The van der Waals surface area contributed by atoms with E-state index in [-0.39, 0.29) is 17.2 Å². The van der Waals surface area contributed by atoms with Crippen LogP contribution in [0.4, 0.5) is 0 Å². The van der Waals surface area contributed by atoms with Gasteiger partial charge in [-0.1, -0.05) is 37.1 Å². The van der Waals surface area contributed by atoms with Crippen molar-refractivity contribution in [3.05, 3.63) is 42.0 Å². The highest BCUT2D eigenvalue weighted by Crippen LogP contribution is 2.31. The maximum Gasteiger partial charge on any atom is 0.255 e. The second-order valence-corrected chi connectivity index (χ2v) is 5.94. The van der Waals surface area contributed by atoms with Crippen molar-refractivity contribution < 1.29 is 9.90 Å². The van der Waals surface area contributed by atoms with Gasteiger partial charge in [-0.05, 0) is 42.7 Å². The van der Waals surface area contributed by atoms with E-state index in [1.54, 1.807) is 12.1 Å². The highest BCUT2D eigenvalue weighted by molar-refractivity contribution is 6.01. The first-order chi connectivity index (χ1) is 9.57. The number of hydrogen-bond donors (Lipinski definition) is 2. The predicted octanol–water partition coefficient (Wildman–Crippen LogP) is 3.61. The van der Waals surface area contributed by atoms with Crippen LogP contribution in [0, 0.1) is 0 Å². The number of hydrogen-bond acceptors (Lipinski definition) is 2. The summed E-state index contributed by atoms with van der Waals surface area (Å²) in [4.78, 5) is 12.4. The second-order valence-electron chi connectivity index (χ2n) is 5.94. The van der Waals surface area contributed by atoms with Gasteiger partial charge in [-0.2, -0.15) is 0 Å². The van der Waals surface area contributed by atoms with Crippen LogP contribution in [0.25, 0.3) is 10.8 Å². The van der Waals surface area contributed by atoms with Gasteiger partial charge in [0.05, 0.1) is 5.56 Å². The summed E-state index contributed by atoms with van der Waals surface area (Å²) >= 11 is 0. The zero-order valence-corrected chi connectivity index (χ0v) is 11.6. The molecule has 3 heteroatoms. The third-order valence-corrected chi connectivity index (χ3v) is 4.23. The first-order valence-corrected chi connectivity index (χ1v) is 7.12. The van der Waals surface area contributed by atoms with Crippen LogP contribution in [0.5, 0.6) is 5.75 Å². The summed E-state index contributed by atoms with van der Waals surface area (Å²) in [6, 6.07) is 11.1. The molecule has 0 saturated heterocycles. The summed E-state index contributed by atoms with van der Waals surface area (Å²) in [5.41, 5.74) is 0.228. The zero-order chi connectivity index (χ0) is 14.2. The molecule has 0 aromatic heterocycles.